The van der Waals surface area contributed by atoms with E-state index in [2.05, 4.69) is 23.9 Å². The molecule has 0 amide bonds. The van der Waals surface area contributed by atoms with Gasteiger partial charge < -0.3 is 5.11 Å². The maximum atomic E-state index is 13.6. The average molecular weight is 468 g/mol. The van der Waals surface area contributed by atoms with Gasteiger partial charge >= 0.3 is 0 Å². The van der Waals surface area contributed by atoms with Crippen molar-refractivity contribution in [1.29, 1.82) is 0 Å². The topological polar surface area (TPSA) is 68.0 Å². The fourth-order valence-electron chi connectivity index (χ4n) is 9.26. The van der Waals surface area contributed by atoms with Crippen LogP contribution in [0.3, 0.4) is 0 Å². The molecule has 0 aliphatic heterocycles. The Bertz CT molecular complexity index is 1130. The molecule has 184 valence electrons. The van der Waals surface area contributed by atoms with Crippen LogP contribution in [0.4, 0.5) is 4.39 Å². The molecule has 2 aromatic heterocycles. The van der Waals surface area contributed by atoms with Gasteiger partial charge in [-0.15, -0.1) is 0 Å². The van der Waals surface area contributed by atoms with E-state index >= 15 is 0 Å². The SMILES string of the molecule is C[C@@]1(O)CC[C@@]2(C)[C@H](CC[C@@H]3[C@@H]2CC[C@]2(C)[C@@H](C(=O)Cn4cc5cc(F)ncc5n4)CC[C@@H]32)C1. The number of hydrogen-bond acceptors (Lipinski definition) is 4. The van der Waals surface area contributed by atoms with E-state index < -0.39 is 11.5 Å². The lowest BCUT2D eigenvalue weighted by molar-refractivity contribution is -0.151. The van der Waals surface area contributed by atoms with Crippen molar-refractivity contribution in [2.24, 2.45) is 40.4 Å². The van der Waals surface area contributed by atoms with E-state index in [4.69, 9.17) is 0 Å². The molecule has 0 unspecified atom stereocenters. The van der Waals surface area contributed by atoms with Gasteiger partial charge in [0.05, 0.1) is 18.3 Å². The zero-order valence-corrected chi connectivity index (χ0v) is 20.8. The van der Waals surface area contributed by atoms with Gasteiger partial charge in [-0.05, 0) is 99.2 Å². The van der Waals surface area contributed by atoms with E-state index in [1.165, 1.54) is 31.5 Å². The lowest BCUT2D eigenvalue weighted by atomic mass is 9.44. The molecular weight excluding hydrogens is 429 g/mol. The predicted molar refractivity (Wildman–Crippen MR) is 128 cm³/mol. The second-order valence-electron chi connectivity index (χ2n) is 12.9. The molecule has 4 fully saturated rings. The predicted octanol–water partition coefficient (Wildman–Crippen LogP) is 5.55. The largest absolute Gasteiger partial charge is 0.390 e. The maximum Gasteiger partial charge on any atom is 0.213 e. The summed E-state index contributed by atoms with van der Waals surface area (Å²) in [6.45, 7) is 7.19. The van der Waals surface area contributed by atoms with Gasteiger partial charge in [0, 0.05) is 23.6 Å². The fraction of sp³-hybridized carbons (Fsp3) is 0.750. The third-order valence-corrected chi connectivity index (χ3v) is 11.1. The number of hydrogen-bond donors (Lipinski definition) is 1. The van der Waals surface area contributed by atoms with E-state index in [0.29, 0.717) is 34.1 Å². The van der Waals surface area contributed by atoms with Crippen molar-refractivity contribution in [2.45, 2.75) is 90.7 Å². The Morgan fingerprint density at radius 3 is 2.71 bits per heavy atom. The molecule has 0 bridgehead atoms. The summed E-state index contributed by atoms with van der Waals surface area (Å²) in [7, 11) is 0. The molecule has 34 heavy (non-hydrogen) atoms. The highest BCUT2D eigenvalue weighted by Gasteiger charge is 2.61. The van der Waals surface area contributed by atoms with E-state index in [0.717, 1.165) is 44.4 Å². The van der Waals surface area contributed by atoms with Gasteiger partial charge in [0.15, 0.2) is 5.78 Å². The molecule has 0 aromatic carbocycles. The Balaban J connectivity index is 1.20. The Labute approximate surface area is 201 Å². The van der Waals surface area contributed by atoms with E-state index in [1.54, 1.807) is 10.9 Å². The first-order chi connectivity index (χ1) is 16.1. The number of carbonyl (C=O) groups excluding carboxylic acids is 1. The quantitative estimate of drug-likeness (QED) is 0.601. The van der Waals surface area contributed by atoms with Gasteiger partial charge in [0.25, 0.3) is 0 Å². The summed E-state index contributed by atoms with van der Waals surface area (Å²) in [5, 5.41) is 15.9. The summed E-state index contributed by atoms with van der Waals surface area (Å²) in [4.78, 5) is 17.2. The smallest absolute Gasteiger partial charge is 0.213 e. The number of rotatable bonds is 3. The van der Waals surface area contributed by atoms with Crippen LogP contribution >= 0.6 is 0 Å². The second kappa shape index (κ2) is 7.59. The molecule has 4 saturated carbocycles. The molecule has 5 nitrogen and oxygen atoms in total. The molecule has 0 radical (unpaired) electrons. The first-order valence-electron chi connectivity index (χ1n) is 13.3. The Kier molecular flexibility index (Phi) is 5.05. The molecule has 0 spiro atoms. The van der Waals surface area contributed by atoms with Gasteiger partial charge in [-0.2, -0.15) is 9.49 Å². The zero-order chi connectivity index (χ0) is 23.9. The van der Waals surface area contributed by atoms with Crippen LogP contribution in [-0.4, -0.2) is 31.3 Å². The van der Waals surface area contributed by atoms with Crippen LogP contribution in [0, 0.1) is 46.4 Å². The summed E-state index contributed by atoms with van der Waals surface area (Å²) < 4.78 is 15.1. The van der Waals surface area contributed by atoms with Gasteiger partial charge in [0.2, 0.25) is 5.95 Å². The van der Waals surface area contributed by atoms with Crippen molar-refractivity contribution >= 4 is 16.7 Å². The standard InChI is InChI=1S/C28H38FN3O2/c1-26(34)10-11-27(2)18(13-26)4-5-19-20-6-7-22(28(20,3)9-8-21(19)27)24(33)16-32-15-17-12-25(29)30-14-23(17)31-32/h12,14-15,18-22,34H,4-11,13,16H2,1-3H3/t18-,19+,20+,21+,22-,26-,27+,28+/m1/s1. The van der Waals surface area contributed by atoms with Gasteiger partial charge in [-0.3, -0.25) is 9.48 Å². The number of nitrogens with zero attached hydrogens (tertiary/aromatic N) is 3. The summed E-state index contributed by atoms with van der Waals surface area (Å²) in [6.07, 6.45) is 13.2. The molecule has 6 heteroatoms. The Morgan fingerprint density at radius 1 is 1.09 bits per heavy atom. The van der Waals surface area contributed by atoms with Crippen LogP contribution in [0.5, 0.6) is 0 Å². The van der Waals surface area contributed by atoms with Crippen LogP contribution < -0.4 is 0 Å². The molecule has 4 aliphatic carbocycles. The molecule has 8 atom stereocenters. The van der Waals surface area contributed by atoms with Crippen molar-refractivity contribution in [3.63, 3.8) is 0 Å². The molecule has 4 aliphatic rings. The first kappa shape index (κ1) is 22.6. The van der Waals surface area contributed by atoms with Crippen LogP contribution in [0.15, 0.2) is 18.5 Å². The number of aromatic nitrogens is 3. The normalized spacial score (nSPS) is 43.9. The lowest BCUT2D eigenvalue weighted by Crippen LogP contribution is -2.55. The minimum atomic E-state index is -0.522. The third-order valence-electron chi connectivity index (χ3n) is 11.1. The highest BCUT2D eigenvalue weighted by molar-refractivity contribution is 5.83. The molecule has 2 aromatic rings. The highest BCUT2D eigenvalue weighted by atomic mass is 19.1. The van der Waals surface area contributed by atoms with Crippen molar-refractivity contribution < 1.29 is 14.3 Å². The van der Waals surface area contributed by atoms with Gasteiger partial charge in [0.1, 0.15) is 5.52 Å². The van der Waals surface area contributed by atoms with Crippen molar-refractivity contribution in [3.8, 4) is 0 Å². The van der Waals surface area contributed by atoms with Crippen LogP contribution in [0.2, 0.25) is 0 Å². The number of pyridine rings is 1. The molecule has 6 rings (SSSR count). The number of halogens is 1. The molecule has 2 heterocycles. The van der Waals surface area contributed by atoms with Gasteiger partial charge in [-0.1, -0.05) is 13.8 Å². The maximum absolute atomic E-state index is 13.6. The molecular formula is C28H38FN3O2. The van der Waals surface area contributed by atoms with Crippen molar-refractivity contribution in [2.75, 3.05) is 0 Å². The lowest BCUT2D eigenvalue weighted by Gasteiger charge is -2.61. The minimum Gasteiger partial charge on any atom is -0.390 e. The Hall–Kier alpha value is -1.82. The monoisotopic (exact) mass is 467 g/mol. The number of ketones is 1. The first-order valence-corrected chi connectivity index (χ1v) is 13.3. The zero-order valence-electron chi connectivity index (χ0n) is 20.8. The number of Topliss-reactive ketones (excluding diaryl/α,β-unsaturated/α-hetero) is 1. The average Bonchev–Trinajstić information content (AvgIpc) is 3.33. The van der Waals surface area contributed by atoms with Crippen LogP contribution in [-0.2, 0) is 11.3 Å². The van der Waals surface area contributed by atoms with Crippen molar-refractivity contribution in [1.82, 2.24) is 14.8 Å². The van der Waals surface area contributed by atoms with Crippen LogP contribution in [0.1, 0.15) is 78.6 Å². The Morgan fingerprint density at radius 2 is 1.88 bits per heavy atom. The van der Waals surface area contributed by atoms with E-state index in [9.17, 15) is 14.3 Å². The second-order valence-corrected chi connectivity index (χ2v) is 12.9. The summed E-state index contributed by atoms with van der Waals surface area (Å²) in [5.74, 6) is 2.53. The third kappa shape index (κ3) is 3.38. The van der Waals surface area contributed by atoms with Gasteiger partial charge in [-0.25, -0.2) is 4.98 Å². The number of fused-ring (bicyclic) bond motifs is 6. The fourth-order valence-corrected chi connectivity index (χ4v) is 9.26. The summed E-state index contributed by atoms with van der Waals surface area (Å²) >= 11 is 0. The van der Waals surface area contributed by atoms with Crippen LogP contribution in [0.25, 0.3) is 10.9 Å². The van der Waals surface area contributed by atoms with E-state index in [-0.39, 0.29) is 23.7 Å². The molecule has 0 saturated heterocycles. The number of carbonyl (C=O) groups is 1. The minimum absolute atomic E-state index is 0.0713. The molecule has 1 N–H and O–H groups in total. The van der Waals surface area contributed by atoms with Crippen molar-refractivity contribution in [3.05, 3.63) is 24.4 Å². The summed E-state index contributed by atoms with van der Waals surface area (Å²) in [5.41, 5.74) is 0.542. The highest BCUT2D eigenvalue weighted by Crippen LogP contribution is 2.68. The van der Waals surface area contributed by atoms with E-state index in [1.807, 2.05) is 6.92 Å². The summed E-state index contributed by atoms with van der Waals surface area (Å²) in [6, 6.07) is 1.37. The number of aliphatic hydroxyl groups is 1.